The molecule has 30 heavy (non-hydrogen) atoms. The second-order valence-electron chi connectivity index (χ2n) is 9.12. The molecule has 1 unspecified atom stereocenters. The van der Waals surface area contributed by atoms with Gasteiger partial charge in [0.05, 0.1) is 11.7 Å². The Hall–Kier alpha value is -1.52. The third-order valence-electron chi connectivity index (χ3n) is 7.20. The summed E-state index contributed by atoms with van der Waals surface area (Å²) in [6.07, 6.45) is 2.74. The summed E-state index contributed by atoms with van der Waals surface area (Å²) in [5, 5.41) is 3.90. The largest absolute Gasteiger partial charge is 0.341 e. The number of rotatable bonds is 6. The Morgan fingerprint density at radius 1 is 1.20 bits per heavy atom. The molecular weight excluding hydrogens is 406 g/mol. The third-order valence-corrected chi connectivity index (χ3v) is 8.99. The molecule has 4 rings (SSSR count). The van der Waals surface area contributed by atoms with Crippen molar-refractivity contribution in [2.45, 2.75) is 46.0 Å². The maximum absolute atomic E-state index is 12.9. The van der Waals surface area contributed by atoms with Crippen LogP contribution in [0.25, 0.3) is 0 Å². The minimum absolute atomic E-state index is 0.0672. The van der Waals surface area contributed by atoms with Crippen molar-refractivity contribution in [2.75, 3.05) is 51.6 Å². The smallest absolute Gasteiger partial charge is 0.231 e. The predicted octanol–water partition coefficient (Wildman–Crippen LogP) is 1.08. The molecule has 10 heteroatoms. The van der Waals surface area contributed by atoms with Crippen LogP contribution in [0, 0.1) is 18.3 Å². The molecule has 1 spiro atoms. The zero-order valence-corrected chi connectivity index (χ0v) is 19.0. The molecule has 3 fully saturated rings. The molecule has 0 bridgehead atoms. The van der Waals surface area contributed by atoms with Gasteiger partial charge < -0.3 is 14.3 Å². The summed E-state index contributed by atoms with van der Waals surface area (Å²) >= 11 is 0. The molecule has 168 valence electrons. The molecule has 3 aliphatic heterocycles. The quantitative estimate of drug-likeness (QED) is 0.654. The number of nitrogens with zero attached hydrogens (tertiary/aromatic N) is 5. The van der Waals surface area contributed by atoms with Gasteiger partial charge in [-0.15, -0.1) is 0 Å². The summed E-state index contributed by atoms with van der Waals surface area (Å²) in [5.74, 6) is 1.57. The molecule has 1 aromatic heterocycles. The molecule has 1 aromatic rings. The van der Waals surface area contributed by atoms with E-state index in [9.17, 15) is 13.2 Å². The molecule has 0 aliphatic carbocycles. The fourth-order valence-corrected chi connectivity index (χ4v) is 6.40. The first-order valence-corrected chi connectivity index (χ1v) is 12.7. The molecule has 1 atom stereocenters. The van der Waals surface area contributed by atoms with Gasteiger partial charge in [0.25, 0.3) is 0 Å². The molecule has 0 saturated carbocycles. The molecule has 3 aliphatic rings. The van der Waals surface area contributed by atoms with E-state index in [1.807, 2.05) is 4.90 Å². The van der Waals surface area contributed by atoms with Crippen molar-refractivity contribution in [3.8, 4) is 0 Å². The maximum Gasteiger partial charge on any atom is 0.231 e. The maximum atomic E-state index is 12.9. The van der Waals surface area contributed by atoms with Gasteiger partial charge in [0.15, 0.2) is 5.82 Å². The Morgan fingerprint density at radius 3 is 2.47 bits per heavy atom. The number of aromatic nitrogens is 2. The highest BCUT2D eigenvalue weighted by Crippen LogP contribution is 2.49. The molecule has 4 heterocycles. The van der Waals surface area contributed by atoms with Crippen LogP contribution in [0.2, 0.25) is 0 Å². The van der Waals surface area contributed by atoms with Crippen molar-refractivity contribution in [1.82, 2.24) is 24.2 Å². The highest BCUT2D eigenvalue weighted by molar-refractivity contribution is 7.89. The lowest BCUT2D eigenvalue weighted by molar-refractivity contribution is -0.145. The SMILES string of the molecule is CCN1CCC(CC(=O)N2CC3(C2)CN(S(=O)(=O)CC)CC3c2nc(C)no2)CC1. The lowest BCUT2D eigenvalue weighted by Gasteiger charge is -2.50. The summed E-state index contributed by atoms with van der Waals surface area (Å²) in [6.45, 7) is 10.7. The number of sulfonamides is 1. The number of piperidine rings is 1. The summed E-state index contributed by atoms with van der Waals surface area (Å²) in [5.41, 5.74) is -0.331. The molecule has 9 nitrogen and oxygen atoms in total. The predicted molar refractivity (Wildman–Crippen MR) is 111 cm³/mol. The van der Waals surface area contributed by atoms with E-state index < -0.39 is 10.0 Å². The van der Waals surface area contributed by atoms with Gasteiger partial charge in [-0.2, -0.15) is 4.98 Å². The summed E-state index contributed by atoms with van der Waals surface area (Å²) in [6, 6.07) is 0. The van der Waals surface area contributed by atoms with Crippen LogP contribution in [0.3, 0.4) is 0 Å². The van der Waals surface area contributed by atoms with E-state index >= 15 is 0 Å². The Bertz CT molecular complexity index is 872. The van der Waals surface area contributed by atoms with E-state index in [2.05, 4.69) is 22.0 Å². The number of likely N-dealkylation sites (tertiary alicyclic amines) is 2. The van der Waals surface area contributed by atoms with Crippen LogP contribution in [0.15, 0.2) is 4.52 Å². The van der Waals surface area contributed by atoms with E-state index in [1.165, 1.54) is 0 Å². The van der Waals surface area contributed by atoms with Crippen LogP contribution in [0.1, 0.15) is 50.7 Å². The summed E-state index contributed by atoms with van der Waals surface area (Å²) < 4.78 is 32.0. The highest BCUT2D eigenvalue weighted by atomic mass is 32.2. The van der Waals surface area contributed by atoms with Gasteiger partial charge in [-0.25, -0.2) is 12.7 Å². The topological polar surface area (TPSA) is 99.9 Å². The van der Waals surface area contributed by atoms with E-state index in [0.29, 0.717) is 50.2 Å². The minimum atomic E-state index is -3.31. The Morgan fingerprint density at radius 2 is 1.90 bits per heavy atom. The molecule has 3 saturated heterocycles. The lowest BCUT2D eigenvalue weighted by Crippen LogP contribution is -2.62. The highest BCUT2D eigenvalue weighted by Gasteiger charge is 2.59. The van der Waals surface area contributed by atoms with Gasteiger partial charge in [-0.1, -0.05) is 12.1 Å². The first kappa shape index (κ1) is 21.7. The van der Waals surface area contributed by atoms with Crippen molar-refractivity contribution in [2.24, 2.45) is 11.3 Å². The van der Waals surface area contributed by atoms with Crippen LogP contribution in [-0.4, -0.2) is 90.1 Å². The summed E-state index contributed by atoms with van der Waals surface area (Å²) in [7, 11) is -3.31. The van der Waals surface area contributed by atoms with Crippen molar-refractivity contribution >= 4 is 15.9 Å². The van der Waals surface area contributed by atoms with Gasteiger partial charge in [0.1, 0.15) is 0 Å². The van der Waals surface area contributed by atoms with Crippen LogP contribution in [0.4, 0.5) is 0 Å². The average Bonchev–Trinajstić information content (AvgIpc) is 3.31. The number of amides is 1. The Labute approximate surface area is 178 Å². The molecule has 0 aromatic carbocycles. The Kier molecular flexibility index (Phi) is 5.93. The van der Waals surface area contributed by atoms with E-state index in [4.69, 9.17) is 4.52 Å². The van der Waals surface area contributed by atoms with Gasteiger partial charge in [0.2, 0.25) is 21.8 Å². The average molecular weight is 440 g/mol. The minimum Gasteiger partial charge on any atom is -0.341 e. The fraction of sp³-hybridized carbons (Fsp3) is 0.850. The zero-order valence-electron chi connectivity index (χ0n) is 18.2. The van der Waals surface area contributed by atoms with Crippen LogP contribution in [0.5, 0.6) is 0 Å². The van der Waals surface area contributed by atoms with Crippen LogP contribution < -0.4 is 0 Å². The van der Waals surface area contributed by atoms with Crippen molar-refractivity contribution in [3.63, 3.8) is 0 Å². The first-order chi connectivity index (χ1) is 14.3. The van der Waals surface area contributed by atoms with Gasteiger partial charge in [-0.05, 0) is 52.2 Å². The van der Waals surface area contributed by atoms with Crippen molar-refractivity contribution < 1.29 is 17.7 Å². The van der Waals surface area contributed by atoms with Crippen LogP contribution >= 0.6 is 0 Å². The van der Waals surface area contributed by atoms with Gasteiger partial charge in [0, 0.05) is 38.0 Å². The fourth-order valence-electron chi connectivity index (χ4n) is 5.21. The number of hydrogen-bond donors (Lipinski definition) is 0. The van der Waals surface area contributed by atoms with E-state index in [1.54, 1.807) is 18.2 Å². The number of carbonyl (C=O) groups is 1. The molecule has 1 amide bonds. The normalized spacial score (nSPS) is 25.7. The molecule has 0 N–H and O–H groups in total. The monoisotopic (exact) mass is 439 g/mol. The van der Waals surface area contributed by atoms with Gasteiger partial charge >= 0.3 is 0 Å². The first-order valence-electron chi connectivity index (χ1n) is 11.0. The van der Waals surface area contributed by atoms with E-state index in [-0.39, 0.29) is 23.0 Å². The second-order valence-corrected chi connectivity index (χ2v) is 11.4. The number of carbonyl (C=O) groups excluding carboxylic acids is 1. The number of hydrogen-bond acceptors (Lipinski definition) is 7. The van der Waals surface area contributed by atoms with Crippen LogP contribution in [-0.2, 0) is 14.8 Å². The van der Waals surface area contributed by atoms with E-state index in [0.717, 1.165) is 32.5 Å². The molecule has 0 radical (unpaired) electrons. The zero-order chi connectivity index (χ0) is 21.5. The van der Waals surface area contributed by atoms with Crippen molar-refractivity contribution in [3.05, 3.63) is 11.7 Å². The standard InChI is InChI=1S/C20H33N5O4S/c1-4-23-8-6-16(7-9-23)10-18(26)24-12-20(13-24)14-25(30(27,28)5-2)11-17(20)19-21-15(3)22-29-19/h16-17H,4-14H2,1-3H3. The molecular formula is C20H33N5O4S. The number of aryl methyl sites for hydroxylation is 1. The summed E-state index contributed by atoms with van der Waals surface area (Å²) in [4.78, 5) is 21.6. The third kappa shape index (κ3) is 4.01. The lowest BCUT2D eigenvalue weighted by atomic mass is 9.71. The Balaban J connectivity index is 1.42. The van der Waals surface area contributed by atoms with Gasteiger partial charge in [-0.3, -0.25) is 4.79 Å². The van der Waals surface area contributed by atoms with Crippen molar-refractivity contribution in [1.29, 1.82) is 0 Å². The second kappa shape index (κ2) is 8.20.